The zero-order valence-electron chi connectivity index (χ0n) is 14.4. The lowest BCUT2D eigenvalue weighted by Gasteiger charge is -2.31. The maximum absolute atomic E-state index is 6.02. The van der Waals surface area contributed by atoms with Crippen LogP contribution in [0.4, 0.5) is 5.95 Å². The lowest BCUT2D eigenvalue weighted by molar-refractivity contribution is 0.371. The van der Waals surface area contributed by atoms with Crippen LogP contribution in [-0.4, -0.2) is 34.4 Å². The van der Waals surface area contributed by atoms with Crippen molar-refractivity contribution < 1.29 is 9.47 Å². The van der Waals surface area contributed by atoms with Gasteiger partial charge in [0.25, 0.3) is 0 Å². The minimum Gasteiger partial charge on any atom is -0.497 e. The van der Waals surface area contributed by atoms with Crippen molar-refractivity contribution in [1.29, 1.82) is 0 Å². The van der Waals surface area contributed by atoms with E-state index in [0.29, 0.717) is 11.0 Å². The molecule has 1 aromatic heterocycles. The topological polar surface area (TPSA) is 74.1 Å². The number of tetrazole rings is 1. The van der Waals surface area contributed by atoms with Crippen LogP contribution in [0.1, 0.15) is 29.6 Å². The van der Waals surface area contributed by atoms with E-state index in [2.05, 4.69) is 20.8 Å². The number of nitrogens with zero attached hydrogens (tertiary/aromatic N) is 4. The normalized spacial score (nSPS) is 18.7. The van der Waals surface area contributed by atoms with E-state index in [1.165, 1.54) is 0 Å². The molecule has 1 aliphatic heterocycles. The van der Waals surface area contributed by atoms with E-state index in [0.717, 1.165) is 29.0 Å². The molecule has 2 unspecified atom stereocenters. The van der Waals surface area contributed by atoms with Crippen LogP contribution in [0.15, 0.2) is 42.5 Å². The van der Waals surface area contributed by atoms with Crippen molar-refractivity contribution in [2.75, 3.05) is 19.5 Å². The minimum absolute atomic E-state index is 0.0478. The molecule has 0 aliphatic carbocycles. The second-order valence-electron chi connectivity index (χ2n) is 6.05. The maximum atomic E-state index is 6.02. The number of hydrogen-bond acceptors (Lipinski definition) is 6. The number of rotatable bonds is 4. The van der Waals surface area contributed by atoms with Crippen molar-refractivity contribution in [3.63, 3.8) is 0 Å². The first-order valence-electron chi connectivity index (χ1n) is 8.21. The summed E-state index contributed by atoms with van der Waals surface area (Å²) in [7, 11) is 3.30. The van der Waals surface area contributed by atoms with Gasteiger partial charge in [0, 0.05) is 10.6 Å². The predicted molar refractivity (Wildman–Crippen MR) is 97.9 cm³/mol. The van der Waals surface area contributed by atoms with Gasteiger partial charge in [0.05, 0.1) is 26.3 Å². The summed E-state index contributed by atoms with van der Waals surface area (Å²) in [5.74, 6) is 2.15. The fourth-order valence-corrected chi connectivity index (χ4v) is 3.44. The van der Waals surface area contributed by atoms with Crippen LogP contribution < -0.4 is 14.8 Å². The van der Waals surface area contributed by atoms with Gasteiger partial charge in [0.15, 0.2) is 0 Å². The van der Waals surface area contributed by atoms with Crippen molar-refractivity contribution in [3.05, 3.63) is 58.6 Å². The van der Waals surface area contributed by atoms with Gasteiger partial charge in [-0.05, 0) is 52.7 Å². The highest BCUT2D eigenvalue weighted by Crippen LogP contribution is 2.41. The first-order chi connectivity index (χ1) is 12.7. The molecule has 2 aromatic carbocycles. The third kappa shape index (κ3) is 2.94. The number of halogens is 1. The third-order valence-electron chi connectivity index (χ3n) is 4.62. The number of fused-ring (bicyclic) bond motifs is 1. The highest BCUT2D eigenvalue weighted by molar-refractivity contribution is 6.30. The van der Waals surface area contributed by atoms with Crippen LogP contribution >= 0.6 is 11.6 Å². The Kier molecular flexibility index (Phi) is 4.38. The molecule has 0 spiro atoms. The smallest absolute Gasteiger partial charge is 0.243 e. The van der Waals surface area contributed by atoms with Crippen LogP contribution in [0.5, 0.6) is 11.5 Å². The molecular formula is C18H18ClN5O2. The highest BCUT2D eigenvalue weighted by atomic mass is 35.5. The number of hydrogen-bond donors (Lipinski definition) is 1. The first-order valence-corrected chi connectivity index (χ1v) is 8.59. The molecule has 26 heavy (non-hydrogen) atoms. The number of benzene rings is 2. The Bertz CT molecular complexity index is 912. The molecule has 1 aliphatic rings. The molecule has 0 saturated heterocycles. The molecule has 2 heterocycles. The van der Waals surface area contributed by atoms with E-state index < -0.39 is 0 Å². The lowest BCUT2D eigenvalue weighted by Crippen LogP contribution is -2.28. The summed E-state index contributed by atoms with van der Waals surface area (Å²) in [6.07, 6.45) is 0.753. The highest BCUT2D eigenvalue weighted by Gasteiger charge is 2.32. The van der Waals surface area contributed by atoms with Crippen molar-refractivity contribution >= 4 is 17.5 Å². The Morgan fingerprint density at radius 2 is 1.92 bits per heavy atom. The van der Waals surface area contributed by atoms with Crippen molar-refractivity contribution in [2.45, 2.75) is 18.5 Å². The largest absolute Gasteiger partial charge is 0.497 e. The zero-order valence-corrected chi connectivity index (χ0v) is 15.1. The Hall–Kier alpha value is -2.80. The molecule has 8 heteroatoms. The van der Waals surface area contributed by atoms with Crippen LogP contribution in [-0.2, 0) is 0 Å². The number of ether oxygens (including phenoxy) is 2. The van der Waals surface area contributed by atoms with E-state index in [9.17, 15) is 0 Å². The molecule has 3 aromatic rings. The van der Waals surface area contributed by atoms with E-state index in [1.807, 2.05) is 42.5 Å². The van der Waals surface area contributed by atoms with Crippen molar-refractivity contribution in [2.24, 2.45) is 0 Å². The van der Waals surface area contributed by atoms with Gasteiger partial charge in [0.2, 0.25) is 5.95 Å². The van der Waals surface area contributed by atoms with Gasteiger partial charge in [-0.15, -0.1) is 0 Å². The van der Waals surface area contributed by atoms with Gasteiger partial charge in [-0.3, -0.25) is 0 Å². The summed E-state index contributed by atoms with van der Waals surface area (Å²) in [6, 6.07) is 13.5. The van der Waals surface area contributed by atoms with Gasteiger partial charge in [-0.25, -0.2) is 4.68 Å². The van der Waals surface area contributed by atoms with E-state index in [1.54, 1.807) is 18.9 Å². The molecule has 134 valence electrons. The van der Waals surface area contributed by atoms with Crippen LogP contribution in [0.3, 0.4) is 0 Å². The van der Waals surface area contributed by atoms with E-state index in [4.69, 9.17) is 21.1 Å². The Balaban J connectivity index is 1.77. The van der Waals surface area contributed by atoms with Gasteiger partial charge in [-0.2, -0.15) is 0 Å². The van der Waals surface area contributed by atoms with Crippen LogP contribution in [0.25, 0.3) is 0 Å². The summed E-state index contributed by atoms with van der Waals surface area (Å²) in [5, 5.41) is 16.2. The van der Waals surface area contributed by atoms with Gasteiger partial charge in [0.1, 0.15) is 11.5 Å². The molecule has 2 atom stereocenters. The average Bonchev–Trinajstić information content (AvgIpc) is 3.16. The molecule has 0 saturated carbocycles. The second-order valence-corrected chi connectivity index (χ2v) is 6.49. The summed E-state index contributed by atoms with van der Waals surface area (Å²) in [5.41, 5.74) is 2.09. The second kappa shape index (κ2) is 6.84. The molecule has 1 N–H and O–H groups in total. The molecule has 0 radical (unpaired) electrons. The molecule has 0 amide bonds. The predicted octanol–water partition coefficient (Wildman–Crippen LogP) is 3.49. The number of nitrogens with one attached hydrogen (secondary N) is 1. The average molecular weight is 372 g/mol. The fourth-order valence-electron chi connectivity index (χ4n) is 3.31. The zero-order chi connectivity index (χ0) is 18.1. The summed E-state index contributed by atoms with van der Waals surface area (Å²) >= 11 is 6.02. The molecule has 0 fully saturated rings. The van der Waals surface area contributed by atoms with Crippen LogP contribution in [0, 0.1) is 0 Å². The van der Waals surface area contributed by atoms with Crippen LogP contribution in [0.2, 0.25) is 5.02 Å². The summed E-state index contributed by atoms with van der Waals surface area (Å²) in [6.45, 7) is 0. The standard InChI is InChI=1S/C18H18ClN5O2/c1-25-13-7-8-17(26-2)14(9-13)16-10-15(11-3-5-12(19)6-4-11)20-18-21-22-23-24(16)18/h3-9,15-16H,10H2,1-2H3,(H,20,21,23). The van der Waals surface area contributed by atoms with Gasteiger partial charge < -0.3 is 14.8 Å². The van der Waals surface area contributed by atoms with Gasteiger partial charge >= 0.3 is 0 Å². The Morgan fingerprint density at radius 1 is 1.12 bits per heavy atom. The van der Waals surface area contributed by atoms with Gasteiger partial charge in [-0.1, -0.05) is 28.8 Å². The summed E-state index contributed by atoms with van der Waals surface area (Å²) in [4.78, 5) is 0. The molecule has 0 bridgehead atoms. The molecule has 7 nitrogen and oxygen atoms in total. The SMILES string of the molecule is COc1ccc(OC)c(C2CC(c3ccc(Cl)cc3)Nc3nnnn32)c1. The quantitative estimate of drug-likeness (QED) is 0.756. The molecular weight excluding hydrogens is 354 g/mol. The summed E-state index contributed by atoms with van der Waals surface area (Å²) < 4.78 is 12.7. The van der Waals surface area contributed by atoms with E-state index in [-0.39, 0.29) is 12.1 Å². The monoisotopic (exact) mass is 371 g/mol. The number of methoxy groups -OCH3 is 2. The fraction of sp³-hybridized carbons (Fsp3) is 0.278. The third-order valence-corrected chi connectivity index (χ3v) is 4.87. The number of anilines is 1. The van der Waals surface area contributed by atoms with E-state index >= 15 is 0 Å². The minimum atomic E-state index is -0.0908. The van der Waals surface area contributed by atoms with Crippen molar-refractivity contribution in [1.82, 2.24) is 20.2 Å². The Morgan fingerprint density at radius 3 is 2.65 bits per heavy atom. The van der Waals surface area contributed by atoms with Crippen molar-refractivity contribution in [3.8, 4) is 11.5 Å². The maximum Gasteiger partial charge on any atom is 0.243 e. The lowest BCUT2D eigenvalue weighted by atomic mass is 9.92. The Labute approximate surface area is 155 Å². The molecule has 4 rings (SSSR count). The first kappa shape index (κ1) is 16.7. The number of aromatic nitrogens is 4.